The highest BCUT2D eigenvalue weighted by Crippen LogP contribution is 2.24. The molecule has 0 saturated carbocycles. The van der Waals surface area contributed by atoms with Crippen LogP contribution in [-0.2, 0) is 9.53 Å². The van der Waals surface area contributed by atoms with Gasteiger partial charge >= 0.3 is 0 Å². The van der Waals surface area contributed by atoms with E-state index in [1.807, 2.05) is 20.8 Å². The normalized spacial score (nSPS) is 20.4. The van der Waals surface area contributed by atoms with E-state index >= 15 is 0 Å². The van der Waals surface area contributed by atoms with Crippen LogP contribution in [0.5, 0.6) is 0 Å². The number of anilines is 1. The second-order valence-electron chi connectivity index (χ2n) is 6.94. The lowest BCUT2D eigenvalue weighted by Gasteiger charge is -2.24. The summed E-state index contributed by atoms with van der Waals surface area (Å²) in [4.78, 5) is 24.6. The van der Waals surface area contributed by atoms with Gasteiger partial charge in [0.1, 0.15) is 6.10 Å². The summed E-state index contributed by atoms with van der Waals surface area (Å²) >= 11 is 6.23. The quantitative estimate of drug-likeness (QED) is 0.720. The molecule has 1 aliphatic rings. The maximum absolute atomic E-state index is 12.3. The van der Waals surface area contributed by atoms with Crippen LogP contribution in [0.3, 0.4) is 0 Å². The van der Waals surface area contributed by atoms with Crippen LogP contribution in [0.15, 0.2) is 18.2 Å². The number of nitrogens with two attached hydrogens (primary N) is 1. The Morgan fingerprint density at radius 3 is 2.64 bits per heavy atom. The lowest BCUT2D eigenvalue weighted by molar-refractivity contribution is -0.126. The fourth-order valence-corrected chi connectivity index (χ4v) is 2.80. The molecule has 138 valence electrons. The number of ether oxygens (including phenoxy) is 1. The van der Waals surface area contributed by atoms with Gasteiger partial charge in [-0.25, -0.2) is 0 Å². The summed E-state index contributed by atoms with van der Waals surface area (Å²) in [6, 6.07) is 4.84. The fourth-order valence-electron chi connectivity index (χ4n) is 2.53. The van der Waals surface area contributed by atoms with Gasteiger partial charge in [0.25, 0.3) is 11.8 Å². The summed E-state index contributed by atoms with van der Waals surface area (Å²) in [5, 5.41) is 6.00. The van der Waals surface area contributed by atoms with Crippen molar-refractivity contribution in [2.24, 2.45) is 5.73 Å². The van der Waals surface area contributed by atoms with Crippen LogP contribution in [0.1, 0.15) is 50.4 Å². The second kappa shape index (κ2) is 8.17. The van der Waals surface area contributed by atoms with Gasteiger partial charge in [0.05, 0.1) is 16.7 Å². The topological polar surface area (TPSA) is 93.5 Å². The van der Waals surface area contributed by atoms with Crippen molar-refractivity contribution in [1.82, 2.24) is 5.32 Å². The molecule has 1 aromatic rings. The minimum Gasteiger partial charge on any atom is -0.364 e. The van der Waals surface area contributed by atoms with E-state index in [1.165, 1.54) is 0 Å². The number of benzene rings is 1. The predicted molar refractivity (Wildman–Crippen MR) is 98.9 cm³/mol. The molecule has 2 atom stereocenters. The highest BCUT2D eigenvalue weighted by Gasteiger charge is 2.30. The second-order valence-corrected chi connectivity index (χ2v) is 7.34. The van der Waals surface area contributed by atoms with E-state index in [2.05, 4.69) is 10.6 Å². The third-order valence-corrected chi connectivity index (χ3v) is 4.79. The number of hydrogen-bond donors (Lipinski definition) is 3. The maximum Gasteiger partial charge on any atom is 0.253 e. The Kier molecular flexibility index (Phi) is 6.43. The number of rotatable bonds is 6. The van der Waals surface area contributed by atoms with Gasteiger partial charge in [0.2, 0.25) is 0 Å². The van der Waals surface area contributed by atoms with E-state index in [9.17, 15) is 9.59 Å². The molecule has 0 aromatic heterocycles. The Hall–Kier alpha value is -1.63. The van der Waals surface area contributed by atoms with Crippen molar-refractivity contribution < 1.29 is 14.3 Å². The third-order valence-electron chi connectivity index (χ3n) is 4.48. The molecule has 0 unspecified atom stereocenters. The van der Waals surface area contributed by atoms with Gasteiger partial charge in [-0.1, -0.05) is 18.5 Å². The molecule has 2 amide bonds. The first-order valence-corrected chi connectivity index (χ1v) is 8.92. The number of amides is 2. The summed E-state index contributed by atoms with van der Waals surface area (Å²) in [7, 11) is 0. The van der Waals surface area contributed by atoms with E-state index in [1.54, 1.807) is 18.2 Å². The fraction of sp³-hybridized carbons (Fsp3) is 0.556. The van der Waals surface area contributed by atoms with Crippen molar-refractivity contribution in [1.29, 1.82) is 0 Å². The smallest absolute Gasteiger partial charge is 0.253 e. The van der Waals surface area contributed by atoms with E-state index < -0.39 is 6.10 Å². The SMILES string of the molecule is CCC(C)(C)NC(=O)c1ccc(NC(=O)[C@@H]2CC[C@H](CN)O2)cc1Cl. The number of halogens is 1. The zero-order valence-electron chi connectivity index (χ0n) is 14.9. The molecule has 0 bridgehead atoms. The van der Waals surface area contributed by atoms with E-state index in [0.717, 1.165) is 12.8 Å². The van der Waals surface area contributed by atoms with Gasteiger partial charge in [-0.3, -0.25) is 9.59 Å². The molecule has 1 heterocycles. The molecule has 0 radical (unpaired) electrons. The van der Waals surface area contributed by atoms with Gasteiger partial charge in [0.15, 0.2) is 0 Å². The van der Waals surface area contributed by atoms with Gasteiger partial charge in [-0.15, -0.1) is 0 Å². The van der Waals surface area contributed by atoms with Crippen LogP contribution >= 0.6 is 11.6 Å². The number of nitrogens with one attached hydrogen (secondary N) is 2. The lowest BCUT2D eigenvalue weighted by Crippen LogP contribution is -2.42. The van der Waals surface area contributed by atoms with Gasteiger partial charge in [0, 0.05) is 17.8 Å². The minimum absolute atomic E-state index is 0.0627. The highest BCUT2D eigenvalue weighted by atomic mass is 35.5. The first kappa shape index (κ1) is 19.7. The number of carbonyl (C=O) groups is 2. The Balaban J connectivity index is 2.02. The third kappa shape index (κ3) is 5.17. The van der Waals surface area contributed by atoms with E-state index in [0.29, 0.717) is 24.2 Å². The maximum atomic E-state index is 12.3. The molecule has 0 spiro atoms. The predicted octanol–water partition coefficient (Wildman–Crippen LogP) is 2.70. The monoisotopic (exact) mass is 367 g/mol. The lowest BCUT2D eigenvalue weighted by atomic mass is 10.0. The van der Waals surface area contributed by atoms with E-state index in [-0.39, 0.29) is 28.5 Å². The molecule has 2 rings (SSSR count). The average Bonchev–Trinajstić information content (AvgIpc) is 3.03. The molecule has 1 saturated heterocycles. The van der Waals surface area contributed by atoms with Crippen molar-refractivity contribution in [3.8, 4) is 0 Å². The Morgan fingerprint density at radius 1 is 1.36 bits per heavy atom. The van der Waals surface area contributed by atoms with Crippen molar-refractivity contribution in [2.45, 2.75) is 57.8 Å². The van der Waals surface area contributed by atoms with Crippen LogP contribution < -0.4 is 16.4 Å². The summed E-state index contributed by atoms with van der Waals surface area (Å²) in [6.45, 7) is 6.31. The standard InChI is InChI=1S/C18H26ClN3O3/c1-4-18(2,3)22-16(23)13-7-5-11(9-14(13)19)21-17(24)15-8-6-12(10-20)25-15/h5,7,9,12,15H,4,6,8,10,20H2,1-3H3,(H,21,24)(H,22,23)/t12-,15+/m1/s1. The Morgan fingerprint density at radius 2 is 2.08 bits per heavy atom. The Bertz CT molecular complexity index is 648. The van der Waals surface area contributed by atoms with Crippen LogP contribution in [0.2, 0.25) is 5.02 Å². The van der Waals surface area contributed by atoms with Crippen molar-refractivity contribution in [2.75, 3.05) is 11.9 Å². The zero-order valence-corrected chi connectivity index (χ0v) is 15.7. The summed E-state index contributed by atoms with van der Waals surface area (Å²) in [5.74, 6) is -0.462. The van der Waals surface area contributed by atoms with Crippen LogP contribution in [0.25, 0.3) is 0 Å². The number of hydrogen-bond acceptors (Lipinski definition) is 4. The van der Waals surface area contributed by atoms with Crippen molar-refractivity contribution in [3.63, 3.8) is 0 Å². The molecule has 6 nitrogen and oxygen atoms in total. The highest BCUT2D eigenvalue weighted by molar-refractivity contribution is 6.34. The van der Waals surface area contributed by atoms with Crippen LogP contribution in [0.4, 0.5) is 5.69 Å². The summed E-state index contributed by atoms with van der Waals surface area (Å²) < 4.78 is 5.57. The first-order valence-electron chi connectivity index (χ1n) is 8.54. The minimum atomic E-state index is -0.499. The van der Waals surface area contributed by atoms with Crippen LogP contribution in [0, 0.1) is 0 Å². The Labute approximate surface area is 153 Å². The van der Waals surface area contributed by atoms with Gasteiger partial charge < -0.3 is 21.1 Å². The number of carbonyl (C=O) groups excluding carboxylic acids is 2. The summed E-state index contributed by atoms with van der Waals surface area (Å²) in [5.41, 5.74) is 6.15. The largest absolute Gasteiger partial charge is 0.364 e. The molecule has 1 aliphatic heterocycles. The van der Waals surface area contributed by atoms with E-state index in [4.69, 9.17) is 22.1 Å². The average molecular weight is 368 g/mol. The molecule has 25 heavy (non-hydrogen) atoms. The van der Waals surface area contributed by atoms with Crippen molar-refractivity contribution in [3.05, 3.63) is 28.8 Å². The molecule has 4 N–H and O–H groups in total. The molecular formula is C18H26ClN3O3. The van der Waals surface area contributed by atoms with Crippen molar-refractivity contribution >= 4 is 29.1 Å². The first-order chi connectivity index (χ1) is 11.8. The molecule has 1 aromatic carbocycles. The van der Waals surface area contributed by atoms with Crippen LogP contribution in [-0.4, -0.2) is 36.1 Å². The molecule has 1 fully saturated rings. The molecule has 0 aliphatic carbocycles. The van der Waals surface area contributed by atoms with Gasteiger partial charge in [-0.2, -0.15) is 0 Å². The zero-order chi connectivity index (χ0) is 18.6. The van der Waals surface area contributed by atoms with Gasteiger partial charge in [-0.05, 0) is 51.3 Å². The summed E-state index contributed by atoms with van der Waals surface area (Å²) in [6.07, 6.45) is 1.67. The molecule has 7 heteroatoms. The molecular weight excluding hydrogens is 342 g/mol.